The number of imidazole rings is 1. The van der Waals surface area contributed by atoms with Crippen LogP contribution < -0.4 is 5.32 Å². The number of H-pyrrole nitrogens is 1. The zero-order chi connectivity index (χ0) is 15.3. The molecule has 1 aliphatic rings. The van der Waals surface area contributed by atoms with Crippen molar-refractivity contribution in [2.45, 2.75) is 57.0 Å². The molecule has 0 aromatic carbocycles. The Bertz CT molecular complexity index is 535. The van der Waals surface area contributed by atoms with E-state index in [2.05, 4.69) is 15.3 Å². The van der Waals surface area contributed by atoms with Gasteiger partial charge in [0.1, 0.15) is 5.82 Å². The molecule has 2 heterocycles. The van der Waals surface area contributed by atoms with Crippen LogP contribution in [-0.2, 0) is 16.4 Å². The van der Waals surface area contributed by atoms with Crippen LogP contribution in [-0.4, -0.2) is 48.4 Å². The molecular weight excluding hydrogens is 288 g/mol. The largest absolute Gasteiger partial charge is 0.332 e. The molecule has 6 nitrogen and oxygen atoms in total. The Hall–Kier alpha value is -0.920. The quantitative estimate of drug-likeness (QED) is 0.800. The van der Waals surface area contributed by atoms with Crippen molar-refractivity contribution in [3.8, 4) is 0 Å². The van der Waals surface area contributed by atoms with E-state index in [-0.39, 0.29) is 11.1 Å². The summed E-state index contributed by atoms with van der Waals surface area (Å²) in [6, 6.07) is 0.258. The first-order valence-corrected chi connectivity index (χ1v) is 9.29. The number of piperidine rings is 1. The predicted molar refractivity (Wildman–Crippen MR) is 82.7 cm³/mol. The maximum absolute atomic E-state index is 12.8. The number of hydrogen-bond acceptors (Lipinski definition) is 4. The second-order valence-electron chi connectivity index (χ2n) is 5.56. The van der Waals surface area contributed by atoms with Gasteiger partial charge in [0, 0.05) is 25.6 Å². The van der Waals surface area contributed by atoms with Crippen molar-refractivity contribution in [2.75, 3.05) is 19.6 Å². The molecule has 0 saturated carbocycles. The molecule has 1 unspecified atom stereocenters. The molecule has 1 aliphatic heterocycles. The van der Waals surface area contributed by atoms with Crippen molar-refractivity contribution in [1.82, 2.24) is 19.6 Å². The molecule has 21 heavy (non-hydrogen) atoms. The predicted octanol–water partition coefficient (Wildman–Crippen LogP) is 1.51. The number of hydrogen-bond donors (Lipinski definition) is 2. The third kappa shape index (κ3) is 4.05. The van der Waals surface area contributed by atoms with E-state index < -0.39 is 10.0 Å². The molecule has 120 valence electrons. The Labute approximate surface area is 127 Å². The van der Waals surface area contributed by atoms with E-state index in [0.717, 1.165) is 19.4 Å². The van der Waals surface area contributed by atoms with Gasteiger partial charge in [-0.25, -0.2) is 13.4 Å². The molecule has 0 amide bonds. The van der Waals surface area contributed by atoms with Gasteiger partial charge in [-0.1, -0.05) is 20.3 Å². The second kappa shape index (κ2) is 7.38. The Kier molecular flexibility index (Phi) is 5.78. The molecule has 2 N–H and O–H groups in total. The van der Waals surface area contributed by atoms with Gasteiger partial charge in [0.15, 0.2) is 5.03 Å². The normalized spacial score (nSPS) is 20.0. The summed E-state index contributed by atoms with van der Waals surface area (Å²) in [4.78, 5) is 7.03. The van der Waals surface area contributed by atoms with Gasteiger partial charge in [-0.05, 0) is 25.8 Å². The zero-order valence-corrected chi connectivity index (χ0v) is 13.7. The molecule has 0 bridgehead atoms. The summed E-state index contributed by atoms with van der Waals surface area (Å²) in [6.45, 7) is 6.01. The highest BCUT2D eigenvalue weighted by Gasteiger charge is 2.28. The van der Waals surface area contributed by atoms with Crippen molar-refractivity contribution in [3.05, 3.63) is 12.0 Å². The van der Waals surface area contributed by atoms with Gasteiger partial charge >= 0.3 is 0 Å². The summed E-state index contributed by atoms with van der Waals surface area (Å²) >= 11 is 0. The van der Waals surface area contributed by atoms with Gasteiger partial charge < -0.3 is 10.3 Å². The standard InChI is InChI=1S/C14H26N4O2S/c1-3-9-18(11-12-7-5-6-8-15-12)21(19,20)14-10-16-13(4-2)17-14/h10,12,15H,3-9,11H2,1-2H3,(H,16,17). The number of sulfonamides is 1. The second-order valence-corrected chi connectivity index (χ2v) is 7.46. The molecule has 1 aromatic heterocycles. The summed E-state index contributed by atoms with van der Waals surface area (Å²) in [7, 11) is -3.48. The first-order chi connectivity index (χ1) is 10.1. The van der Waals surface area contributed by atoms with E-state index in [4.69, 9.17) is 0 Å². The number of aromatic amines is 1. The third-order valence-corrected chi connectivity index (χ3v) is 5.64. The number of rotatable bonds is 7. The van der Waals surface area contributed by atoms with Crippen LogP contribution in [0.1, 0.15) is 45.4 Å². The van der Waals surface area contributed by atoms with E-state index in [1.54, 1.807) is 4.31 Å². The highest BCUT2D eigenvalue weighted by molar-refractivity contribution is 7.89. The maximum atomic E-state index is 12.8. The maximum Gasteiger partial charge on any atom is 0.260 e. The Morgan fingerprint density at radius 3 is 2.76 bits per heavy atom. The number of nitrogens with one attached hydrogen (secondary N) is 2. The van der Waals surface area contributed by atoms with Crippen LogP contribution in [0.4, 0.5) is 0 Å². The minimum Gasteiger partial charge on any atom is -0.332 e. The topological polar surface area (TPSA) is 78.1 Å². The molecule has 1 atom stereocenters. The van der Waals surface area contributed by atoms with Crippen LogP contribution in [0, 0.1) is 0 Å². The van der Waals surface area contributed by atoms with Crippen LogP contribution in [0.3, 0.4) is 0 Å². The summed E-state index contributed by atoms with van der Waals surface area (Å²) in [5.74, 6) is 0.709. The van der Waals surface area contributed by atoms with E-state index in [9.17, 15) is 8.42 Å². The number of aryl methyl sites for hydroxylation is 1. The fourth-order valence-electron chi connectivity index (χ4n) is 2.68. The van der Waals surface area contributed by atoms with E-state index in [0.29, 0.717) is 25.3 Å². The molecule has 1 fully saturated rings. The van der Waals surface area contributed by atoms with Crippen molar-refractivity contribution in [2.24, 2.45) is 0 Å². The highest BCUT2D eigenvalue weighted by atomic mass is 32.2. The summed E-state index contributed by atoms with van der Waals surface area (Å²) in [5.41, 5.74) is 0. The lowest BCUT2D eigenvalue weighted by Crippen LogP contribution is -2.46. The SMILES string of the molecule is CCCN(CC1CCCCN1)S(=O)(=O)c1cnc(CC)[nH]1. The average molecular weight is 314 g/mol. The van der Waals surface area contributed by atoms with Crippen LogP contribution in [0.15, 0.2) is 11.2 Å². The van der Waals surface area contributed by atoms with Crippen molar-refractivity contribution in [3.63, 3.8) is 0 Å². The zero-order valence-electron chi connectivity index (χ0n) is 12.9. The van der Waals surface area contributed by atoms with Crippen LogP contribution in [0.25, 0.3) is 0 Å². The highest BCUT2D eigenvalue weighted by Crippen LogP contribution is 2.17. The van der Waals surface area contributed by atoms with Crippen LogP contribution in [0.5, 0.6) is 0 Å². The molecule has 1 saturated heterocycles. The lowest BCUT2D eigenvalue weighted by molar-refractivity contribution is 0.312. The average Bonchev–Trinajstić information content (AvgIpc) is 2.97. The molecule has 0 aliphatic carbocycles. The summed E-state index contributed by atoms with van der Waals surface area (Å²) < 4.78 is 27.1. The van der Waals surface area contributed by atoms with Gasteiger partial charge in [-0.2, -0.15) is 4.31 Å². The van der Waals surface area contributed by atoms with Gasteiger partial charge in [-0.3, -0.25) is 0 Å². The smallest absolute Gasteiger partial charge is 0.260 e. The Balaban J connectivity index is 2.14. The lowest BCUT2D eigenvalue weighted by Gasteiger charge is -2.29. The van der Waals surface area contributed by atoms with Crippen LogP contribution in [0.2, 0.25) is 0 Å². The van der Waals surface area contributed by atoms with Crippen molar-refractivity contribution < 1.29 is 8.42 Å². The minimum atomic E-state index is -3.48. The van der Waals surface area contributed by atoms with E-state index in [1.807, 2.05) is 13.8 Å². The van der Waals surface area contributed by atoms with Gasteiger partial charge in [0.2, 0.25) is 0 Å². The molecule has 1 aromatic rings. The third-order valence-electron chi connectivity index (χ3n) is 3.87. The first-order valence-electron chi connectivity index (χ1n) is 7.85. The molecule has 7 heteroatoms. The van der Waals surface area contributed by atoms with Crippen molar-refractivity contribution >= 4 is 10.0 Å². The monoisotopic (exact) mass is 314 g/mol. The summed E-state index contributed by atoms with van der Waals surface area (Å²) in [6.07, 6.45) is 6.33. The molecule has 2 rings (SSSR count). The number of nitrogens with zero attached hydrogens (tertiary/aromatic N) is 2. The van der Waals surface area contributed by atoms with Crippen molar-refractivity contribution in [1.29, 1.82) is 0 Å². The number of aromatic nitrogens is 2. The van der Waals surface area contributed by atoms with Gasteiger partial charge in [0.05, 0.1) is 6.20 Å². The fraction of sp³-hybridized carbons (Fsp3) is 0.786. The fourth-order valence-corrected chi connectivity index (χ4v) is 4.19. The first kappa shape index (κ1) is 16.5. The molecular formula is C14H26N4O2S. The van der Waals surface area contributed by atoms with E-state index in [1.165, 1.54) is 19.0 Å². The minimum absolute atomic E-state index is 0.212. The van der Waals surface area contributed by atoms with E-state index >= 15 is 0 Å². The summed E-state index contributed by atoms with van der Waals surface area (Å²) in [5, 5.41) is 3.63. The lowest BCUT2D eigenvalue weighted by atomic mass is 10.1. The molecule has 0 radical (unpaired) electrons. The Morgan fingerprint density at radius 1 is 1.38 bits per heavy atom. The van der Waals surface area contributed by atoms with Crippen LogP contribution >= 0.6 is 0 Å². The van der Waals surface area contributed by atoms with Gasteiger partial charge in [0.25, 0.3) is 10.0 Å². The Morgan fingerprint density at radius 2 is 2.19 bits per heavy atom. The van der Waals surface area contributed by atoms with Gasteiger partial charge in [-0.15, -0.1) is 0 Å². The molecule has 0 spiro atoms.